The number of aromatic nitrogens is 3. The summed E-state index contributed by atoms with van der Waals surface area (Å²) in [5.41, 5.74) is 2.76. The molecule has 180 valence electrons. The number of amides is 1. The Morgan fingerprint density at radius 1 is 0.943 bits per heavy atom. The minimum atomic E-state index is -0.0344. The molecule has 4 aromatic rings. The molecule has 7 nitrogen and oxygen atoms in total. The lowest BCUT2D eigenvalue weighted by molar-refractivity contribution is -0.128. The number of benzene rings is 3. The van der Waals surface area contributed by atoms with Crippen molar-refractivity contribution in [2.24, 2.45) is 0 Å². The summed E-state index contributed by atoms with van der Waals surface area (Å²) in [6.45, 7) is 2.03. The minimum absolute atomic E-state index is 0.00877. The highest BCUT2D eigenvalue weighted by molar-refractivity contribution is 7.99. The van der Waals surface area contributed by atoms with Gasteiger partial charge < -0.3 is 14.4 Å². The Balaban J connectivity index is 1.63. The maximum Gasteiger partial charge on any atom is 0.233 e. The van der Waals surface area contributed by atoms with Crippen LogP contribution in [0.25, 0.3) is 17.1 Å². The third-order valence-electron chi connectivity index (χ3n) is 5.89. The average Bonchev–Trinajstić information content (AvgIpc) is 3.35. The van der Waals surface area contributed by atoms with Crippen molar-refractivity contribution >= 4 is 17.7 Å². The second-order valence-electron chi connectivity index (χ2n) is 7.92. The Labute approximate surface area is 209 Å². The molecule has 0 spiro atoms. The van der Waals surface area contributed by atoms with Crippen LogP contribution in [0.2, 0.25) is 0 Å². The smallest absolute Gasteiger partial charge is 0.233 e. The molecule has 1 atom stereocenters. The standard InChI is InChI=1S/C27H28N4O3S/c1-19(20-10-6-5-7-11-20)30(2)25(32)18-35-27-29-28-26(23-12-8-9-13-24(23)34-4)31(27)21-14-16-22(33-3)17-15-21/h5-17,19H,18H2,1-4H3. The first-order valence-corrected chi connectivity index (χ1v) is 12.2. The molecule has 0 aliphatic rings. The SMILES string of the molecule is COc1ccc(-n2c(SCC(=O)N(C)C(C)c3ccccc3)nnc2-c2ccccc2OC)cc1. The van der Waals surface area contributed by atoms with Gasteiger partial charge in [0.1, 0.15) is 11.5 Å². The van der Waals surface area contributed by atoms with E-state index in [4.69, 9.17) is 9.47 Å². The van der Waals surface area contributed by atoms with Crippen LogP contribution in [0.15, 0.2) is 84.0 Å². The van der Waals surface area contributed by atoms with Crippen LogP contribution in [-0.2, 0) is 4.79 Å². The molecule has 0 bridgehead atoms. The summed E-state index contributed by atoms with van der Waals surface area (Å²) in [7, 11) is 5.09. The first-order valence-electron chi connectivity index (χ1n) is 11.2. The molecule has 0 saturated carbocycles. The van der Waals surface area contributed by atoms with Crippen molar-refractivity contribution in [3.05, 3.63) is 84.4 Å². The summed E-state index contributed by atoms with van der Waals surface area (Å²) in [6, 6.07) is 25.3. The number of methoxy groups -OCH3 is 2. The molecule has 3 aromatic carbocycles. The largest absolute Gasteiger partial charge is 0.497 e. The van der Waals surface area contributed by atoms with Gasteiger partial charge in [0.15, 0.2) is 11.0 Å². The molecule has 4 rings (SSSR count). The van der Waals surface area contributed by atoms with Crippen molar-refractivity contribution in [1.82, 2.24) is 19.7 Å². The monoisotopic (exact) mass is 488 g/mol. The maximum atomic E-state index is 13.1. The molecule has 1 amide bonds. The van der Waals surface area contributed by atoms with Crippen LogP contribution in [0, 0.1) is 0 Å². The van der Waals surface area contributed by atoms with E-state index < -0.39 is 0 Å². The van der Waals surface area contributed by atoms with Crippen molar-refractivity contribution in [1.29, 1.82) is 0 Å². The van der Waals surface area contributed by atoms with Gasteiger partial charge in [-0.15, -0.1) is 10.2 Å². The van der Waals surface area contributed by atoms with E-state index in [2.05, 4.69) is 10.2 Å². The van der Waals surface area contributed by atoms with Gasteiger partial charge in [-0.3, -0.25) is 9.36 Å². The number of nitrogens with zero attached hydrogens (tertiary/aromatic N) is 4. The third kappa shape index (κ3) is 5.33. The van der Waals surface area contributed by atoms with E-state index in [1.54, 1.807) is 19.1 Å². The van der Waals surface area contributed by atoms with Crippen molar-refractivity contribution < 1.29 is 14.3 Å². The fourth-order valence-corrected chi connectivity index (χ4v) is 4.61. The second-order valence-corrected chi connectivity index (χ2v) is 8.86. The molecule has 0 aliphatic carbocycles. The van der Waals surface area contributed by atoms with Gasteiger partial charge in [-0.05, 0) is 48.9 Å². The molecule has 0 radical (unpaired) electrons. The zero-order chi connectivity index (χ0) is 24.8. The Kier molecular flexibility index (Phi) is 7.72. The molecular weight excluding hydrogens is 460 g/mol. The highest BCUT2D eigenvalue weighted by Gasteiger charge is 2.22. The minimum Gasteiger partial charge on any atom is -0.497 e. The van der Waals surface area contributed by atoms with E-state index in [0.29, 0.717) is 16.7 Å². The zero-order valence-electron chi connectivity index (χ0n) is 20.2. The van der Waals surface area contributed by atoms with Gasteiger partial charge in [-0.25, -0.2) is 0 Å². The highest BCUT2D eigenvalue weighted by Crippen LogP contribution is 2.34. The number of hydrogen-bond acceptors (Lipinski definition) is 6. The number of hydrogen-bond donors (Lipinski definition) is 0. The van der Waals surface area contributed by atoms with Crippen LogP contribution in [0.1, 0.15) is 18.5 Å². The van der Waals surface area contributed by atoms with Gasteiger partial charge in [0.05, 0.1) is 37.3 Å². The van der Waals surface area contributed by atoms with Gasteiger partial charge in [-0.2, -0.15) is 0 Å². The second kappa shape index (κ2) is 11.1. The third-order valence-corrected chi connectivity index (χ3v) is 6.81. The van der Waals surface area contributed by atoms with E-state index in [1.807, 2.05) is 97.4 Å². The summed E-state index contributed by atoms with van der Waals surface area (Å²) in [6.07, 6.45) is 0. The summed E-state index contributed by atoms with van der Waals surface area (Å²) in [5.74, 6) is 2.32. The first-order chi connectivity index (χ1) is 17.0. The number of thioether (sulfide) groups is 1. The molecule has 0 saturated heterocycles. The molecule has 1 aromatic heterocycles. The van der Waals surface area contributed by atoms with Crippen molar-refractivity contribution in [3.8, 4) is 28.6 Å². The fraction of sp³-hybridized carbons (Fsp3) is 0.222. The van der Waals surface area contributed by atoms with Crippen LogP contribution in [0.4, 0.5) is 0 Å². The molecular formula is C27H28N4O3S. The normalized spacial score (nSPS) is 11.7. The van der Waals surface area contributed by atoms with E-state index in [1.165, 1.54) is 11.8 Å². The number of carbonyl (C=O) groups excluding carboxylic acids is 1. The van der Waals surface area contributed by atoms with Crippen LogP contribution in [0.3, 0.4) is 0 Å². The Bertz CT molecular complexity index is 1280. The lowest BCUT2D eigenvalue weighted by atomic mass is 10.1. The van der Waals surface area contributed by atoms with E-state index in [9.17, 15) is 4.79 Å². The molecule has 1 heterocycles. The number of carbonyl (C=O) groups is 1. The van der Waals surface area contributed by atoms with Crippen molar-refractivity contribution in [3.63, 3.8) is 0 Å². The van der Waals surface area contributed by atoms with Crippen molar-refractivity contribution in [2.45, 2.75) is 18.1 Å². The molecule has 0 aliphatic heterocycles. The number of ether oxygens (including phenoxy) is 2. The van der Waals surface area contributed by atoms with Crippen LogP contribution in [0.5, 0.6) is 11.5 Å². The highest BCUT2D eigenvalue weighted by atomic mass is 32.2. The predicted molar refractivity (Wildman–Crippen MR) is 138 cm³/mol. The summed E-state index contributed by atoms with van der Waals surface area (Å²) < 4.78 is 12.8. The summed E-state index contributed by atoms with van der Waals surface area (Å²) >= 11 is 1.36. The van der Waals surface area contributed by atoms with Crippen LogP contribution >= 0.6 is 11.8 Å². The van der Waals surface area contributed by atoms with E-state index in [-0.39, 0.29) is 17.7 Å². The van der Waals surface area contributed by atoms with Gasteiger partial charge in [-0.1, -0.05) is 54.2 Å². The molecule has 0 fully saturated rings. The molecule has 1 unspecified atom stereocenters. The Hall–Kier alpha value is -3.78. The van der Waals surface area contributed by atoms with E-state index in [0.717, 1.165) is 22.6 Å². The lowest BCUT2D eigenvalue weighted by Crippen LogP contribution is -2.31. The first kappa shape index (κ1) is 24.3. The van der Waals surface area contributed by atoms with Crippen LogP contribution < -0.4 is 9.47 Å². The predicted octanol–water partition coefficient (Wildman–Crippen LogP) is 5.26. The molecule has 35 heavy (non-hydrogen) atoms. The Morgan fingerprint density at radius 2 is 1.63 bits per heavy atom. The number of rotatable bonds is 9. The summed E-state index contributed by atoms with van der Waals surface area (Å²) in [5, 5.41) is 9.53. The Morgan fingerprint density at radius 3 is 2.31 bits per heavy atom. The molecule has 0 N–H and O–H groups in total. The quantitative estimate of drug-likeness (QED) is 0.299. The maximum absolute atomic E-state index is 13.1. The fourth-order valence-electron chi connectivity index (χ4n) is 3.73. The van der Waals surface area contributed by atoms with Crippen molar-refractivity contribution in [2.75, 3.05) is 27.0 Å². The van der Waals surface area contributed by atoms with E-state index >= 15 is 0 Å². The van der Waals surface area contributed by atoms with Crippen LogP contribution in [-0.4, -0.2) is 52.6 Å². The van der Waals surface area contributed by atoms with Gasteiger partial charge in [0.2, 0.25) is 5.91 Å². The summed E-state index contributed by atoms with van der Waals surface area (Å²) in [4.78, 5) is 14.8. The van der Waals surface area contributed by atoms with Gasteiger partial charge >= 0.3 is 0 Å². The average molecular weight is 489 g/mol. The zero-order valence-corrected chi connectivity index (χ0v) is 21.0. The van der Waals surface area contributed by atoms with Gasteiger partial charge in [0, 0.05) is 7.05 Å². The topological polar surface area (TPSA) is 69.5 Å². The lowest BCUT2D eigenvalue weighted by Gasteiger charge is -2.25. The van der Waals surface area contributed by atoms with Gasteiger partial charge in [0.25, 0.3) is 0 Å². The number of para-hydroxylation sites is 1. The molecule has 8 heteroatoms.